The van der Waals surface area contributed by atoms with E-state index in [1.807, 2.05) is 0 Å². The van der Waals surface area contributed by atoms with E-state index in [0.29, 0.717) is 35.2 Å². The van der Waals surface area contributed by atoms with E-state index in [2.05, 4.69) is 27.3 Å². The van der Waals surface area contributed by atoms with Crippen LogP contribution in [0.5, 0.6) is 0 Å². The molecular weight excluding hydrogens is 417 g/mol. The fourth-order valence-corrected chi connectivity index (χ4v) is 5.71. The second-order valence-electron chi connectivity index (χ2n) is 10.0. The molecule has 3 atom stereocenters. The second kappa shape index (κ2) is 8.63. The van der Waals surface area contributed by atoms with Gasteiger partial charge in [0.15, 0.2) is 11.6 Å². The Balaban J connectivity index is 1.16. The van der Waals surface area contributed by atoms with E-state index >= 15 is 0 Å². The molecule has 3 aliphatic rings. The van der Waals surface area contributed by atoms with Crippen molar-refractivity contribution in [3.63, 3.8) is 0 Å². The van der Waals surface area contributed by atoms with E-state index in [0.717, 1.165) is 64.6 Å². The maximum Gasteiger partial charge on any atom is 0.168 e. The molecule has 1 unspecified atom stereocenters. The lowest BCUT2D eigenvalue weighted by molar-refractivity contribution is 0.00744. The third-order valence-corrected chi connectivity index (χ3v) is 7.42. The number of fused-ring (bicyclic) bond motifs is 1. The normalized spacial score (nSPS) is 27.4. The zero-order chi connectivity index (χ0) is 22.3. The molecule has 2 aliphatic heterocycles. The lowest BCUT2D eigenvalue weighted by atomic mass is 9.82. The number of nitrogens with one attached hydrogen (secondary N) is 1. The molecule has 1 N–H and O–H groups in total. The largest absolute Gasteiger partial charge is 0.381 e. The van der Waals surface area contributed by atoms with Crippen LogP contribution < -0.4 is 5.32 Å². The van der Waals surface area contributed by atoms with E-state index in [-0.39, 0.29) is 11.3 Å². The molecule has 0 spiro atoms. The average Bonchev–Trinajstić information content (AvgIpc) is 3.29. The summed E-state index contributed by atoms with van der Waals surface area (Å²) < 4.78 is 46.5. The van der Waals surface area contributed by atoms with Crippen LogP contribution in [0, 0.1) is 34.7 Å². The zero-order valence-corrected chi connectivity index (χ0v) is 18.3. The Morgan fingerprint density at radius 2 is 1.78 bits per heavy atom. The van der Waals surface area contributed by atoms with Gasteiger partial charge in [0, 0.05) is 50.5 Å². The monoisotopic (exact) mass is 446 g/mol. The van der Waals surface area contributed by atoms with Gasteiger partial charge in [0.05, 0.1) is 5.69 Å². The van der Waals surface area contributed by atoms with Crippen molar-refractivity contribution >= 4 is 5.82 Å². The van der Waals surface area contributed by atoms with Crippen molar-refractivity contribution in [3.8, 4) is 11.3 Å². The number of hydrogen-bond acceptors (Lipinski definition) is 5. The molecule has 0 bridgehead atoms. The number of nitrogens with zero attached hydrogens (tertiary/aromatic N) is 3. The highest BCUT2D eigenvalue weighted by Crippen LogP contribution is 2.41. The van der Waals surface area contributed by atoms with E-state index in [4.69, 9.17) is 4.74 Å². The molecule has 1 aliphatic carbocycles. The van der Waals surface area contributed by atoms with Gasteiger partial charge in [-0.25, -0.2) is 13.2 Å². The van der Waals surface area contributed by atoms with Crippen molar-refractivity contribution in [1.29, 1.82) is 0 Å². The molecule has 2 aromatic rings. The maximum absolute atomic E-state index is 14.0. The van der Waals surface area contributed by atoms with Crippen LogP contribution in [0.15, 0.2) is 24.3 Å². The summed E-state index contributed by atoms with van der Waals surface area (Å²) >= 11 is 0. The number of halogens is 3. The van der Waals surface area contributed by atoms with Crippen LogP contribution in [-0.2, 0) is 4.74 Å². The molecule has 0 radical (unpaired) electrons. The van der Waals surface area contributed by atoms with Gasteiger partial charge < -0.3 is 15.0 Å². The number of rotatable bonds is 5. The number of anilines is 1. The third-order valence-electron chi connectivity index (χ3n) is 7.42. The second-order valence-corrected chi connectivity index (χ2v) is 10.0. The van der Waals surface area contributed by atoms with Gasteiger partial charge in [-0.2, -0.15) is 0 Å². The smallest absolute Gasteiger partial charge is 0.168 e. The number of likely N-dealkylation sites (tertiary alicyclic amines) is 1. The highest BCUT2D eigenvalue weighted by Gasteiger charge is 2.42. The fraction of sp³-hybridized carbons (Fsp3) is 0.583. The van der Waals surface area contributed by atoms with Gasteiger partial charge in [0.25, 0.3) is 0 Å². The van der Waals surface area contributed by atoms with Crippen LogP contribution in [0.4, 0.5) is 19.0 Å². The van der Waals surface area contributed by atoms with Crippen molar-refractivity contribution in [1.82, 2.24) is 15.1 Å². The van der Waals surface area contributed by atoms with E-state index in [9.17, 15) is 13.2 Å². The fourth-order valence-electron chi connectivity index (χ4n) is 5.71. The highest BCUT2D eigenvalue weighted by atomic mass is 19.2. The average molecular weight is 447 g/mol. The van der Waals surface area contributed by atoms with Gasteiger partial charge in [-0.05, 0) is 61.1 Å². The SMILES string of the molecule is CC1(CN2C[C@H]3CC(Nc4ccc(-c5cc(F)cc(F)c5F)nn4)C[C@H]3C2)CCOCC1. The predicted octanol–water partition coefficient (Wildman–Crippen LogP) is 4.50. The molecule has 3 fully saturated rings. The number of hydrogen-bond donors (Lipinski definition) is 1. The molecule has 32 heavy (non-hydrogen) atoms. The summed E-state index contributed by atoms with van der Waals surface area (Å²) in [5, 5.41) is 11.5. The standard InChI is InChI=1S/C24H29F3N4O/c1-24(4-6-32-7-5-24)14-31-12-15-8-18(9-16(15)13-31)28-22-3-2-21(29-30-22)19-10-17(25)11-20(26)23(19)27/h2-3,10-11,15-16,18H,4-9,12-14H2,1H3,(H,28,30)/t15-,16+,18?. The van der Waals surface area contributed by atoms with Crippen LogP contribution in [0.25, 0.3) is 11.3 Å². The van der Waals surface area contributed by atoms with E-state index in [1.165, 1.54) is 0 Å². The first-order valence-corrected chi connectivity index (χ1v) is 11.4. The molecule has 172 valence electrons. The Morgan fingerprint density at radius 3 is 2.44 bits per heavy atom. The van der Waals surface area contributed by atoms with E-state index < -0.39 is 17.5 Å². The van der Waals surface area contributed by atoms with Crippen molar-refractivity contribution in [2.24, 2.45) is 17.3 Å². The Labute approximate surface area is 186 Å². The first kappa shape index (κ1) is 21.6. The molecule has 2 saturated heterocycles. The summed E-state index contributed by atoms with van der Waals surface area (Å²) in [4.78, 5) is 2.64. The first-order valence-electron chi connectivity index (χ1n) is 11.4. The Kier molecular flexibility index (Phi) is 5.84. The zero-order valence-electron chi connectivity index (χ0n) is 18.3. The Bertz CT molecular complexity index is 950. The van der Waals surface area contributed by atoms with Crippen LogP contribution in [-0.4, -0.2) is 54.0 Å². The lowest BCUT2D eigenvalue weighted by Gasteiger charge is -2.37. The molecule has 1 saturated carbocycles. The topological polar surface area (TPSA) is 50.3 Å². The van der Waals surface area contributed by atoms with Gasteiger partial charge in [0.1, 0.15) is 11.6 Å². The minimum absolute atomic E-state index is 0.104. The molecular formula is C24H29F3N4O. The molecule has 0 amide bonds. The van der Waals surface area contributed by atoms with Gasteiger partial charge in [0.2, 0.25) is 0 Å². The molecule has 5 nitrogen and oxygen atoms in total. The molecule has 3 heterocycles. The lowest BCUT2D eigenvalue weighted by Crippen LogP contribution is -2.39. The number of aromatic nitrogens is 2. The summed E-state index contributed by atoms with van der Waals surface area (Å²) in [6.07, 6.45) is 4.47. The summed E-state index contributed by atoms with van der Waals surface area (Å²) in [5.74, 6) is -1.23. The Morgan fingerprint density at radius 1 is 1.06 bits per heavy atom. The van der Waals surface area contributed by atoms with Gasteiger partial charge in [-0.3, -0.25) is 0 Å². The van der Waals surface area contributed by atoms with Crippen LogP contribution in [0.2, 0.25) is 0 Å². The van der Waals surface area contributed by atoms with Crippen molar-refractivity contribution in [2.75, 3.05) is 38.2 Å². The minimum atomic E-state index is -1.23. The summed E-state index contributed by atoms with van der Waals surface area (Å²) in [6.45, 7) is 7.60. The molecule has 5 rings (SSSR count). The summed E-state index contributed by atoms with van der Waals surface area (Å²) in [7, 11) is 0. The van der Waals surface area contributed by atoms with E-state index in [1.54, 1.807) is 12.1 Å². The summed E-state index contributed by atoms with van der Waals surface area (Å²) in [6, 6.07) is 5.01. The minimum Gasteiger partial charge on any atom is -0.381 e. The summed E-state index contributed by atoms with van der Waals surface area (Å²) in [5.41, 5.74) is 0.248. The Hall–Kier alpha value is -2.19. The molecule has 8 heteroatoms. The van der Waals surface area contributed by atoms with Crippen molar-refractivity contribution < 1.29 is 17.9 Å². The van der Waals surface area contributed by atoms with Crippen LogP contribution in [0.1, 0.15) is 32.6 Å². The molecule has 1 aromatic carbocycles. The highest BCUT2D eigenvalue weighted by molar-refractivity contribution is 5.60. The first-order chi connectivity index (χ1) is 15.4. The van der Waals surface area contributed by atoms with Gasteiger partial charge in [-0.15, -0.1) is 10.2 Å². The van der Waals surface area contributed by atoms with Crippen LogP contribution in [0.3, 0.4) is 0 Å². The molecule has 1 aromatic heterocycles. The maximum atomic E-state index is 14.0. The van der Waals surface area contributed by atoms with Gasteiger partial charge in [-0.1, -0.05) is 6.92 Å². The van der Waals surface area contributed by atoms with Crippen molar-refractivity contribution in [3.05, 3.63) is 41.7 Å². The number of ether oxygens (including phenoxy) is 1. The van der Waals surface area contributed by atoms with Crippen molar-refractivity contribution in [2.45, 2.75) is 38.6 Å². The quantitative estimate of drug-likeness (QED) is 0.686. The van der Waals surface area contributed by atoms with Gasteiger partial charge >= 0.3 is 0 Å². The predicted molar refractivity (Wildman–Crippen MR) is 116 cm³/mol. The number of benzene rings is 1. The van der Waals surface area contributed by atoms with Crippen LogP contribution >= 0.6 is 0 Å². The third kappa shape index (κ3) is 4.48.